The molecule has 0 atom stereocenters. The van der Waals surface area contributed by atoms with Crippen LogP contribution < -0.4 is 4.74 Å². The van der Waals surface area contributed by atoms with Gasteiger partial charge in [-0.1, -0.05) is 36.4 Å². The highest BCUT2D eigenvalue weighted by Gasteiger charge is 2.29. The number of halogens is 2. The maximum absolute atomic E-state index is 13.6. The first kappa shape index (κ1) is 25.3. The zero-order chi connectivity index (χ0) is 25.7. The van der Waals surface area contributed by atoms with Crippen molar-refractivity contribution in [2.45, 2.75) is 6.04 Å². The number of hydrogen-bond acceptors (Lipinski definition) is 4. The second-order valence-corrected chi connectivity index (χ2v) is 8.91. The van der Waals surface area contributed by atoms with Crippen LogP contribution in [0.5, 0.6) is 5.75 Å². The Bertz CT molecular complexity index is 1150. The fourth-order valence-electron chi connectivity index (χ4n) is 4.30. The van der Waals surface area contributed by atoms with E-state index < -0.39 is 0 Å². The highest BCUT2D eigenvalue weighted by Crippen LogP contribution is 2.30. The highest BCUT2D eigenvalue weighted by atomic mass is 19.1. The van der Waals surface area contributed by atoms with E-state index in [1.807, 2.05) is 0 Å². The van der Waals surface area contributed by atoms with Crippen molar-refractivity contribution in [3.63, 3.8) is 0 Å². The van der Waals surface area contributed by atoms with E-state index in [2.05, 4.69) is 4.90 Å². The molecule has 0 radical (unpaired) electrons. The number of carbonyl (C=O) groups excluding carboxylic acids is 2. The molecule has 1 aliphatic heterocycles. The molecule has 6 nitrogen and oxygen atoms in total. The van der Waals surface area contributed by atoms with Crippen LogP contribution >= 0.6 is 0 Å². The van der Waals surface area contributed by atoms with Gasteiger partial charge in [-0.15, -0.1) is 0 Å². The molecule has 0 aliphatic carbocycles. The molecule has 3 aromatic carbocycles. The van der Waals surface area contributed by atoms with E-state index in [9.17, 15) is 18.4 Å². The maximum Gasteiger partial charge on any atom is 0.259 e. The Morgan fingerprint density at radius 1 is 0.833 bits per heavy atom. The SMILES string of the molecule is CN(C)C(=O)COc1ccccc1C(=O)N1CCN(C(c2ccc(F)cc2)c2ccc(F)cc2)CC1. The van der Waals surface area contributed by atoms with Crippen LogP contribution in [0, 0.1) is 11.6 Å². The Kier molecular flexibility index (Phi) is 7.95. The number of likely N-dealkylation sites (N-methyl/N-ethyl adjacent to an activating group) is 1. The summed E-state index contributed by atoms with van der Waals surface area (Å²) in [6.45, 7) is 1.95. The van der Waals surface area contributed by atoms with Gasteiger partial charge in [0, 0.05) is 40.3 Å². The quantitative estimate of drug-likeness (QED) is 0.500. The number of hydrogen-bond donors (Lipinski definition) is 0. The minimum Gasteiger partial charge on any atom is -0.483 e. The van der Waals surface area contributed by atoms with Gasteiger partial charge in [0.05, 0.1) is 11.6 Å². The number of benzene rings is 3. The minimum absolute atomic E-state index is 0.151. The van der Waals surface area contributed by atoms with Crippen molar-refractivity contribution >= 4 is 11.8 Å². The number of amides is 2. The molecular formula is C28H29F2N3O3. The molecule has 4 rings (SSSR count). The van der Waals surface area contributed by atoms with Crippen molar-refractivity contribution in [3.8, 4) is 5.75 Å². The molecule has 1 aliphatic rings. The lowest BCUT2D eigenvalue weighted by Crippen LogP contribution is -2.50. The predicted octanol–water partition coefficient (Wildman–Crippen LogP) is 3.98. The monoisotopic (exact) mass is 493 g/mol. The zero-order valence-corrected chi connectivity index (χ0v) is 20.4. The molecular weight excluding hydrogens is 464 g/mol. The van der Waals surface area contributed by atoms with E-state index >= 15 is 0 Å². The van der Waals surface area contributed by atoms with E-state index in [0.29, 0.717) is 37.5 Å². The van der Waals surface area contributed by atoms with Crippen LogP contribution in [-0.4, -0.2) is 73.4 Å². The third kappa shape index (κ3) is 5.88. The molecule has 0 spiro atoms. The average molecular weight is 494 g/mol. The number of nitrogens with zero attached hydrogens (tertiary/aromatic N) is 3. The van der Waals surface area contributed by atoms with Crippen molar-refractivity contribution in [2.24, 2.45) is 0 Å². The Hall–Kier alpha value is -3.78. The molecule has 3 aromatic rings. The maximum atomic E-state index is 13.6. The van der Waals surface area contributed by atoms with Gasteiger partial charge in [0.1, 0.15) is 17.4 Å². The largest absolute Gasteiger partial charge is 0.483 e. The number of ether oxygens (including phenoxy) is 1. The molecule has 1 heterocycles. The van der Waals surface area contributed by atoms with Gasteiger partial charge in [-0.25, -0.2) is 8.78 Å². The highest BCUT2D eigenvalue weighted by molar-refractivity contribution is 5.97. The molecule has 8 heteroatoms. The van der Waals surface area contributed by atoms with Crippen LogP contribution in [-0.2, 0) is 4.79 Å². The number of carbonyl (C=O) groups is 2. The normalized spacial score (nSPS) is 14.1. The fourth-order valence-corrected chi connectivity index (χ4v) is 4.30. The smallest absolute Gasteiger partial charge is 0.259 e. The van der Waals surface area contributed by atoms with E-state index in [1.54, 1.807) is 67.5 Å². The number of piperazine rings is 1. The summed E-state index contributed by atoms with van der Waals surface area (Å²) in [6, 6.07) is 19.4. The van der Waals surface area contributed by atoms with E-state index in [0.717, 1.165) is 11.1 Å². The minimum atomic E-state index is -0.319. The van der Waals surface area contributed by atoms with Crippen LogP contribution in [0.25, 0.3) is 0 Å². The van der Waals surface area contributed by atoms with Gasteiger partial charge in [-0.05, 0) is 47.5 Å². The third-order valence-electron chi connectivity index (χ3n) is 6.31. The summed E-state index contributed by atoms with van der Waals surface area (Å²) in [5.74, 6) is -0.628. The van der Waals surface area contributed by atoms with Crippen molar-refractivity contribution in [1.29, 1.82) is 0 Å². The second kappa shape index (κ2) is 11.3. The van der Waals surface area contributed by atoms with Gasteiger partial charge in [0.15, 0.2) is 6.61 Å². The fraction of sp³-hybridized carbons (Fsp3) is 0.286. The van der Waals surface area contributed by atoms with Gasteiger partial charge in [-0.3, -0.25) is 14.5 Å². The summed E-state index contributed by atoms with van der Waals surface area (Å²) in [6.07, 6.45) is 0. The molecule has 36 heavy (non-hydrogen) atoms. The molecule has 1 fully saturated rings. The molecule has 0 saturated carbocycles. The number of para-hydroxylation sites is 1. The van der Waals surface area contributed by atoms with Gasteiger partial charge in [-0.2, -0.15) is 0 Å². The topological polar surface area (TPSA) is 53.1 Å². The summed E-state index contributed by atoms with van der Waals surface area (Å²) >= 11 is 0. The lowest BCUT2D eigenvalue weighted by atomic mass is 9.96. The molecule has 188 valence electrons. The van der Waals surface area contributed by atoms with Crippen LogP contribution in [0.1, 0.15) is 27.5 Å². The standard InChI is InChI=1S/C28H29F2N3O3/c1-31(2)26(34)19-36-25-6-4-3-5-24(25)28(35)33-17-15-32(16-18-33)27(20-7-11-22(29)12-8-20)21-9-13-23(30)14-10-21/h3-14,27H,15-19H2,1-2H3. The summed E-state index contributed by atoms with van der Waals surface area (Å²) in [4.78, 5) is 30.7. The van der Waals surface area contributed by atoms with Crippen LogP contribution in [0.3, 0.4) is 0 Å². The predicted molar refractivity (Wildman–Crippen MR) is 133 cm³/mol. The van der Waals surface area contributed by atoms with Crippen LogP contribution in [0.2, 0.25) is 0 Å². The second-order valence-electron chi connectivity index (χ2n) is 8.91. The number of rotatable bonds is 7. The Morgan fingerprint density at radius 3 is 1.89 bits per heavy atom. The van der Waals surface area contributed by atoms with Crippen LogP contribution in [0.15, 0.2) is 72.8 Å². The van der Waals surface area contributed by atoms with E-state index in [4.69, 9.17) is 4.74 Å². The van der Waals surface area contributed by atoms with Crippen LogP contribution in [0.4, 0.5) is 8.78 Å². The molecule has 0 N–H and O–H groups in total. The molecule has 0 unspecified atom stereocenters. The van der Waals surface area contributed by atoms with Crippen molar-refractivity contribution in [1.82, 2.24) is 14.7 Å². The molecule has 0 bridgehead atoms. The molecule has 0 aromatic heterocycles. The van der Waals surface area contributed by atoms with Gasteiger partial charge >= 0.3 is 0 Å². The van der Waals surface area contributed by atoms with Crippen molar-refractivity contribution in [2.75, 3.05) is 46.9 Å². The van der Waals surface area contributed by atoms with E-state index in [1.165, 1.54) is 29.2 Å². The first-order valence-electron chi connectivity index (χ1n) is 11.8. The Morgan fingerprint density at radius 2 is 1.36 bits per heavy atom. The Labute approximate surface area is 209 Å². The zero-order valence-electron chi connectivity index (χ0n) is 20.4. The first-order chi connectivity index (χ1) is 17.3. The van der Waals surface area contributed by atoms with E-state index in [-0.39, 0.29) is 36.1 Å². The van der Waals surface area contributed by atoms with Gasteiger partial charge < -0.3 is 14.5 Å². The summed E-state index contributed by atoms with van der Waals surface area (Å²) in [7, 11) is 3.29. The third-order valence-corrected chi connectivity index (χ3v) is 6.31. The molecule has 2 amide bonds. The van der Waals surface area contributed by atoms with Gasteiger partial charge in [0.2, 0.25) is 0 Å². The Balaban J connectivity index is 1.48. The lowest BCUT2D eigenvalue weighted by Gasteiger charge is -2.40. The van der Waals surface area contributed by atoms with Crippen molar-refractivity contribution in [3.05, 3.63) is 101 Å². The summed E-state index contributed by atoms with van der Waals surface area (Å²) in [5, 5.41) is 0. The van der Waals surface area contributed by atoms with Crippen molar-refractivity contribution < 1.29 is 23.1 Å². The first-order valence-corrected chi connectivity index (χ1v) is 11.8. The lowest BCUT2D eigenvalue weighted by molar-refractivity contribution is -0.130. The molecule has 1 saturated heterocycles. The average Bonchev–Trinajstić information content (AvgIpc) is 2.89. The summed E-state index contributed by atoms with van der Waals surface area (Å²) in [5.41, 5.74) is 2.20. The van der Waals surface area contributed by atoms with Gasteiger partial charge in [0.25, 0.3) is 11.8 Å². The summed E-state index contributed by atoms with van der Waals surface area (Å²) < 4.78 is 32.8.